The van der Waals surface area contributed by atoms with E-state index < -0.39 is 0 Å². The van der Waals surface area contributed by atoms with Gasteiger partial charge in [0.25, 0.3) is 0 Å². The molecule has 3 nitrogen and oxygen atoms in total. The molecule has 2 unspecified atom stereocenters. The fraction of sp³-hybridized carbons (Fsp3) is 0.667. The molecule has 1 saturated heterocycles. The Morgan fingerprint density at radius 1 is 1.62 bits per heavy atom. The van der Waals surface area contributed by atoms with Crippen molar-refractivity contribution >= 4 is 11.3 Å². The zero-order valence-corrected chi connectivity index (χ0v) is 10.3. The van der Waals surface area contributed by atoms with Crippen LogP contribution in [0.2, 0.25) is 0 Å². The van der Waals surface area contributed by atoms with E-state index in [2.05, 4.69) is 22.9 Å². The summed E-state index contributed by atoms with van der Waals surface area (Å²) in [5, 5.41) is 2.13. The van der Waals surface area contributed by atoms with Crippen LogP contribution in [0.5, 0.6) is 0 Å². The van der Waals surface area contributed by atoms with Gasteiger partial charge in [0.15, 0.2) is 0 Å². The van der Waals surface area contributed by atoms with Crippen LogP contribution in [0.15, 0.2) is 17.5 Å². The van der Waals surface area contributed by atoms with Crippen molar-refractivity contribution in [1.29, 1.82) is 0 Å². The highest BCUT2D eigenvalue weighted by Gasteiger charge is 2.19. The second kappa shape index (κ2) is 6.35. The van der Waals surface area contributed by atoms with Crippen LogP contribution in [-0.2, 0) is 11.2 Å². The largest absolute Gasteiger partial charge is 0.378 e. The van der Waals surface area contributed by atoms with Gasteiger partial charge >= 0.3 is 0 Å². The first-order valence-electron chi connectivity index (χ1n) is 5.98. The Balaban J connectivity index is 1.72. The van der Waals surface area contributed by atoms with Gasteiger partial charge in [-0.2, -0.15) is 0 Å². The van der Waals surface area contributed by atoms with Crippen molar-refractivity contribution in [3.8, 4) is 0 Å². The molecule has 1 fully saturated rings. The number of hydrazine groups is 1. The van der Waals surface area contributed by atoms with Gasteiger partial charge in [-0.15, -0.1) is 11.3 Å². The Hall–Kier alpha value is -0.420. The summed E-state index contributed by atoms with van der Waals surface area (Å²) in [7, 11) is 0. The van der Waals surface area contributed by atoms with E-state index in [1.807, 2.05) is 11.3 Å². The number of rotatable bonds is 6. The van der Waals surface area contributed by atoms with Gasteiger partial charge in [-0.1, -0.05) is 6.07 Å². The molecule has 1 aromatic rings. The lowest BCUT2D eigenvalue weighted by Crippen LogP contribution is -2.38. The van der Waals surface area contributed by atoms with Crippen molar-refractivity contribution in [2.24, 2.45) is 5.84 Å². The van der Waals surface area contributed by atoms with Crippen LogP contribution in [-0.4, -0.2) is 18.8 Å². The molecule has 1 aromatic heterocycles. The Bertz CT molecular complexity index is 283. The molecule has 0 spiro atoms. The van der Waals surface area contributed by atoms with Crippen LogP contribution in [0.25, 0.3) is 0 Å². The van der Waals surface area contributed by atoms with E-state index in [-0.39, 0.29) is 0 Å². The lowest BCUT2D eigenvalue weighted by molar-refractivity contribution is 0.0937. The van der Waals surface area contributed by atoms with Crippen LogP contribution in [0.4, 0.5) is 0 Å². The maximum Gasteiger partial charge on any atom is 0.0591 e. The van der Waals surface area contributed by atoms with Gasteiger partial charge in [0.1, 0.15) is 0 Å². The quantitative estimate of drug-likeness (QED) is 0.591. The van der Waals surface area contributed by atoms with Gasteiger partial charge in [-0.05, 0) is 43.6 Å². The topological polar surface area (TPSA) is 47.3 Å². The van der Waals surface area contributed by atoms with Gasteiger partial charge in [0.2, 0.25) is 0 Å². The molecule has 1 aliphatic heterocycles. The smallest absolute Gasteiger partial charge is 0.0591 e. The van der Waals surface area contributed by atoms with E-state index in [1.165, 1.54) is 17.7 Å². The molecule has 0 radical (unpaired) electrons. The summed E-state index contributed by atoms with van der Waals surface area (Å²) < 4.78 is 5.63. The number of hydrogen-bond donors (Lipinski definition) is 2. The number of nitrogens with one attached hydrogen (secondary N) is 1. The lowest BCUT2D eigenvalue weighted by Gasteiger charge is -2.19. The molecule has 0 bridgehead atoms. The summed E-state index contributed by atoms with van der Waals surface area (Å²) in [5.74, 6) is 5.59. The number of hydrogen-bond acceptors (Lipinski definition) is 4. The number of nitrogens with two attached hydrogens (primary N) is 1. The molecule has 0 aromatic carbocycles. The van der Waals surface area contributed by atoms with Crippen molar-refractivity contribution in [1.82, 2.24) is 5.43 Å². The highest BCUT2D eigenvalue weighted by molar-refractivity contribution is 7.09. The molecule has 3 N–H and O–H groups in total. The Kier molecular flexibility index (Phi) is 4.78. The van der Waals surface area contributed by atoms with Crippen LogP contribution in [0.3, 0.4) is 0 Å². The van der Waals surface area contributed by atoms with Gasteiger partial charge in [-0.3, -0.25) is 11.3 Å². The summed E-state index contributed by atoms with van der Waals surface area (Å²) in [4.78, 5) is 1.44. The molecule has 2 heterocycles. The maximum absolute atomic E-state index is 5.63. The minimum absolute atomic E-state index is 0.380. The SMILES string of the molecule is NNC(CCc1cccs1)CC1CCCO1. The third-order valence-corrected chi connectivity index (χ3v) is 4.06. The van der Waals surface area contributed by atoms with Crippen molar-refractivity contribution in [2.45, 2.75) is 44.2 Å². The van der Waals surface area contributed by atoms with Gasteiger partial charge in [0, 0.05) is 17.5 Å². The molecular weight excluding hydrogens is 220 g/mol. The standard InChI is InChI=1S/C12H20N2OS/c13-14-10(9-11-3-1-7-15-11)5-6-12-4-2-8-16-12/h2,4,8,10-11,14H,1,3,5-7,9,13H2. The average Bonchev–Trinajstić information content (AvgIpc) is 2.97. The Morgan fingerprint density at radius 3 is 3.19 bits per heavy atom. The second-order valence-electron chi connectivity index (χ2n) is 4.35. The number of thiophene rings is 1. The molecule has 1 aliphatic rings. The first-order valence-corrected chi connectivity index (χ1v) is 6.86. The highest BCUT2D eigenvalue weighted by Crippen LogP contribution is 2.19. The van der Waals surface area contributed by atoms with Crippen molar-refractivity contribution in [3.63, 3.8) is 0 Å². The number of aryl methyl sites for hydroxylation is 1. The molecule has 0 amide bonds. The summed E-state index contributed by atoms with van der Waals surface area (Å²) >= 11 is 1.82. The summed E-state index contributed by atoms with van der Waals surface area (Å²) in [6.07, 6.45) is 6.06. The molecule has 4 heteroatoms. The van der Waals surface area contributed by atoms with Crippen LogP contribution >= 0.6 is 11.3 Å². The van der Waals surface area contributed by atoms with Crippen LogP contribution in [0.1, 0.15) is 30.6 Å². The third-order valence-electron chi connectivity index (χ3n) is 3.13. The highest BCUT2D eigenvalue weighted by atomic mass is 32.1. The van der Waals surface area contributed by atoms with Crippen LogP contribution < -0.4 is 11.3 Å². The maximum atomic E-state index is 5.63. The van der Waals surface area contributed by atoms with Crippen LogP contribution in [0, 0.1) is 0 Å². The van der Waals surface area contributed by atoms with Gasteiger partial charge in [-0.25, -0.2) is 0 Å². The summed E-state index contributed by atoms with van der Waals surface area (Å²) in [6.45, 7) is 0.923. The van der Waals surface area contributed by atoms with Crippen molar-refractivity contribution < 1.29 is 4.74 Å². The fourth-order valence-corrected chi connectivity index (χ4v) is 2.91. The van der Waals surface area contributed by atoms with E-state index in [0.717, 1.165) is 25.9 Å². The minimum Gasteiger partial charge on any atom is -0.378 e. The molecule has 90 valence electrons. The molecule has 16 heavy (non-hydrogen) atoms. The molecule has 2 atom stereocenters. The molecule has 0 saturated carbocycles. The lowest BCUT2D eigenvalue weighted by atomic mass is 10.0. The monoisotopic (exact) mass is 240 g/mol. The van der Waals surface area contributed by atoms with Crippen molar-refractivity contribution in [2.75, 3.05) is 6.61 Å². The molecule has 0 aliphatic carbocycles. The normalized spacial score (nSPS) is 22.4. The average molecular weight is 240 g/mol. The zero-order chi connectivity index (χ0) is 11.2. The zero-order valence-electron chi connectivity index (χ0n) is 9.52. The Morgan fingerprint density at radius 2 is 2.56 bits per heavy atom. The van der Waals surface area contributed by atoms with E-state index >= 15 is 0 Å². The first-order chi connectivity index (χ1) is 7.88. The molecule has 2 rings (SSSR count). The Labute approximate surface area is 101 Å². The predicted octanol–water partition coefficient (Wildman–Crippen LogP) is 2.08. The van der Waals surface area contributed by atoms with Gasteiger partial charge in [0.05, 0.1) is 6.10 Å². The minimum atomic E-state index is 0.380. The predicted molar refractivity (Wildman–Crippen MR) is 67.3 cm³/mol. The third kappa shape index (κ3) is 3.56. The second-order valence-corrected chi connectivity index (χ2v) is 5.38. The van der Waals surface area contributed by atoms with E-state index in [9.17, 15) is 0 Å². The van der Waals surface area contributed by atoms with E-state index in [4.69, 9.17) is 10.6 Å². The summed E-state index contributed by atoms with van der Waals surface area (Å²) in [6, 6.07) is 4.67. The first kappa shape index (κ1) is 12.0. The van der Waals surface area contributed by atoms with E-state index in [0.29, 0.717) is 12.1 Å². The van der Waals surface area contributed by atoms with Gasteiger partial charge < -0.3 is 4.74 Å². The van der Waals surface area contributed by atoms with Crippen molar-refractivity contribution in [3.05, 3.63) is 22.4 Å². The number of ether oxygens (including phenoxy) is 1. The van der Waals surface area contributed by atoms with E-state index in [1.54, 1.807) is 0 Å². The molecular formula is C12H20N2OS. The fourth-order valence-electron chi connectivity index (χ4n) is 2.19. The summed E-state index contributed by atoms with van der Waals surface area (Å²) in [5.41, 5.74) is 2.92.